The zero-order valence-electron chi connectivity index (χ0n) is 14.5. The predicted molar refractivity (Wildman–Crippen MR) is 99.1 cm³/mol. The number of rotatable bonds is 6. The number of nitrogen functional groups attached to an aromatic ring is 1. The molecule has 2 aromatic rings. The van der Waals surface area contributed by atoms with Crippen molar-refractivity contribution in [3.05, 3.63) is 48.0 Å². The summed E-state index contributed by atoms with van der Waals surface area (Å²) in [5, 5.41) is 0. The molecule has 1 aliphatic heterocycles. The van der Waals surface area contributed by atoms with Crippen LogP contribution in [0.5, 0.6) is 11.5 Å². The number of anilines is 2. The zero-order valence-corrected chi connectivity index (χ0v) is 14.5. The van der Waals surface area contributed by atoms with Crippen LogP contribution in [-0.4, -0.2) is 25.8 Å². The molecule has 24 heavy (non-hydrogen) atoms. The van der Waals surface area contributed by atoms with Gasteiger partial charge in [-0.25, -0.2) is 0 Å². The number of aryl methyl sites for hydroxylation is 1. The molecule has 3 rings (SSSR count). The lowest BCUT2D eigenvalue weighted by atomic mass is 10.1. The van der Waals surface area contributed by atoms with Gasteiger partial charge in [-0.15, -0.1) is 0 Å². The maximum Gasteiger partial charge on any atom is 0.145 e. The lowest BCUT2D eigenvalue weighted by Gasteiger charge is -2.36. The third kappa shape index (κ3) is 3.94. The molecule has 1 heterocycles. The number of fused-ring (bicyclic) bond motifs is 1. The minimum absolute atomic E-state index is 0.219. The molecular weight excluding hydrogens is 300 g/mol. The van der Waals surface area contributed by atoms with Crippen molar-refractivity contribution in [2.24, 2.45) is 0 Å². The average Bonchev–Trinajstić information content (AvgIpc) is 2.58. The summed E-state index contributed by atoms with van der Waals surface area (Å²) in [5.74, 6) is 1.84. The Morgan fingerprint density at radius 1 is 1.25 bits per heavy atom. The predicted octanol–water partition coefficient (Wildman–Crippen LogP) is 4.02. The summed E-state index contributed by atoms with van der Waals surface area (Å²) in [5.41, 5.74) is 8.99. The molecule has 0 amide bonds. The minimum atomic E-state index is 0.219. The van der Waals surface area contributed by atoms with Gasteiger partial charge in [0.1, 0.15) is 17.6 Å². The molecule has 0 aromatic heterocycles. The molecule has 1 unspecified atom stereocenters. The number of benzene rings is 2. The van der Waals surface area contributed by atoms with Gasteiger partial charge in [0.05, 0.1) is 18.8 Å². The molecule has 0 spiro atoms. The molecule has 0 fully saturated rings. The lowest BCUT2D eigenvalue weighted by Crippen LogP contribution is -2.40. The second-order valence-electron chi connectivity index (χ2n) is 6.34. The Bertz CT molecular complexity index is 687. The van der Waals surface area contributed by atoms with Crippen molar-refractivity contribution >= 4 is 11.4 Å². The van der Waals surface area contributed by atoms with Crippen LogP contribution in [0.1, 0.15) is 25.3 Å². The van der Waals surface area contributed by atoms with Crippen molar-refractivity contribution < 1.29 is 9.47 Å². The summed E-state index contributed by atoms with van der Waals surface area (Å²) in [4.78, 5) is 2.38. The van der Waals surface area contributed by atoms with E-state index in [1.165, 1.54) is 5.56 Å². The lowest BCUT2D eigenvalue weighted by molar-refractivity contribution is 0.188. The highest BCUT2D eigenvalue weighted by Gasteiger charge is 2.24. The van der Waals surface area contributed by atoms with Crippen LogP contribution in [0, 0.1) is 6.92 Å². The standard InChI is InChI=1S/C20H26N2O2/c1-3-17-14-22(19-9-8-16(21)13-20(19)24-17)10-5-11-23-18-7-4-6-15(2)12-18/h4,6-9,12-13,17H,3,5,10-11,14,21H2,1-2H3. The molecule has 4 heteroatoms. The van der Waals surface area contributed by atoms with Crippen LogP contribution in [0.3, 0.4) is 0 Å². The van der Waals surface area contributed by atoms with Gasteiger partial charge in [-0.1, -0.05) is 19.1 Å². The van der Waals surface area contributed by atoms with E-state index in [9.17, 15) is 0 Å². The van der Waals surface area contributed by atoms with Gasteiger partial charge < -0.3 is 20.1 Å². The Morgan fingerprint density at radius 3 is 2.92 bits per heavy atom. The minimum Gasteiger partial charge on any atom is -0.494 e. The van der Waals surface area contributed by atoms with Crippen molar-refractivity contribution in [2.75, 3.05) is 30.3 Å². The van der Waals surface area contributed by atoms with Gasteiger partial charge >= 0.3 is 0 Å². The molecule has 1 atom stereocenters. The Kier molecular flexibility index (Phi) is 5.14. The summed E-state index contributed by atoms with van der Waals surface area (Å²) in [6.07, 6.45) is 2.18. The molecule has 1 aliphatic rings. The smallest absolute Gasteiger partial charge is 0.145 e. The largest absolute Gasteiger partial charge is 0.494 e. The summed E-state index contributed by atoms with van der Waals surface area (Å²) in [6, 6.07) is 14.1. The zero-order chi connectivity index (χ0) is 16.9. The normalized spacial score (nSPS) is 16.4. The Hall–Kier alpha value is -2.36. The van der Waals surface area contributed by atoms with Crippen LogP contribution in [0.2, 0.25) is 0 Å². The SMILES string of the molecule is CCC1CN(CCCOc2cccc(C)c2)c2ccc(N)cc2O1. The quantitative estimate of drug-likeness (QED) is 0.643. The van der Waals surface area contributed by atoms with Gasteiger partial charge in [-0.2, -0.15) is 0 Å². The van der Waals surface area contributed by atoms with E-state index >= 15 is 0 Å². The summed E-state index contributed by atoms with van der Waals surface area (Å²) >= 11 is 0. The van der Waals surface area contributed by atoms with Gasteiger partial charge in [-0.3, -0.25) is 0 Å². The van der Waals surface area contributed by atoms with Crippen molar-refractivity contribution in [1.82, 2.24) is 0 Å². The van der Waals surface area contributed by atoms with Crippen molar-refractivity contribution in [1.29, 1.82) is 0 Å². The molecule has 4 nitrogen and oxygen atoms in total. The van der Waals surface area contributed by atoms with Crippen molar-refractivity contribution in [3.63, 3.8) is 0 Å². The average molecular weight is 326 g/mol. The first kappa shape index (κ1) is 16.5. The maximum absolute atomic E-state index is 6.03. The van der Waals surface area contributed by atoms with Gasteiger partial charge in [0, 0.05) is 18.3 Å². The monoisotopic (exact) mass is 326 g/mol. The summed E-state index contributed by atoms with van der Waals surface area (Å²) in [7, 11) is 0. The van der Waals surface area contributed by atoms with Crippen molar-refractivity contribution in [2.45, 2.75) is 32.8 Å². The highest BCUT2D eigenvalue weighted by molar-refractivity contribution is 5.65. The first-order valence-corrected chi connectivity index (χ1v) is 8.66. The number of nitrogens with two attached hydrogens (primary N) is 1. The molecule has 0 aliphatic carbocycles. The Morgan fingerprint density at radius 2 is 2.12 bits per heavy atom. The fourth-order valence-electron chi connectivity index (χ4n) is 3.02. The van der Waals surface area contributed by atoms with E-state index in [2.05, 4.69) is 36.9 Å². The van der Waals surface area contributed by atoms with E-state index < -0.39 is 0 Å². The van der Waals surface area contributed by atoms with Gasteiger partial charge in [0.2, 0.25) is 0 Å². The van der Waals surface area contributed by atoms with Gasteiger partial charge in [-0.05, 0) is 49.6 Å². The van der Waals surface area contributed by atoms with Crippen LogP contribution in [-0.2, 0) is 0 Å². The van der Waals surface area contributed by atoms with Crippen LogP contribution >= 0.6 is 0 Å². The van der Waals surface area contributed by atoms with Gasteiger partial charge in [0.25, 0.3) is 0 Å². The van der Waals surface area contributed by atoms with Crippen LogP contribution < -0.4 is 20.1 Å². The fourth-order valence-corrected chi connectivity index (χ4v) is 3.02. The molecule has 0 bridgehead atoms. The first-order chi connectivity index (χ1) is 11.7. The van der Waals surface area contributed by atoms with E-state index in [1.54, 1.807) is 0 Å². The van der Waals surface area contributed by atoms with Crippen LogP contribution in [0.4, 0.5) is 11.4 Å². The van der Waals surface area contributed by atoms with Crippen LogP contribution in [0.15, 0.2) is 42.5 Å². The van der Waals surface area contributed by atoms with E-state index in [1.807, 2.05) is 24.3 Å². The molecule has 0 saturated heterocycles. The Balaban J connectivity index is 1.58. The van der Waals surface area contributed by atoms with E-state index in [0.717, 1.165) is 48.8 Å². The molecule has 0 saturated carbocycles. The first-order valence-electron chi connectivity index (χ1n) is 8.66. The fraction of sp³-hybridized carbons (Fsp3) is 0.400. The number of nitrogens with zero attached hydrogens (tertiary/aromatic N) is 1. The number of ether oxygens (including phenoxy) is 2. The molecule has 0 radical (unpaired) electrons. The van der Waals surface area contributed by atoms with E-state index in [0.29, 0.717) is 6.61 Å². The highest BCUT2D eigenvalue weighted by atomic mass is 16.5. The van der Waals surface area contributed by atoms with E-state index in [4.69, 9.17) is 15.2 Å². The third-order valence-corrected chi connectivity index (χ3v) is 4.33. The molecule has 128 valence electrons. The molecule has 2 aromatic carbocycles. The summed E-state index contributed by atoms with van der Waals surface area (Å²) in [6.45, 7) is 6.80. The second-order valence-corrected chi connectivity index (χ2v) is 6.34. The van der Waals surface area contributed by atoms with Crippen molar-refractivity contribution in [3.8, 4) is 11.5 Å². The van der Waals surface area contributed by atoms with Gasteiger partial charge in [0.15, 0.2) is 0 Å². The Labute approximate surface area is 144 Å². The summed E-state index contributed by atoms with van der Waals surface area (Å²) < 4.78 is 11.9. The van der Waals surface area contributed by atoms with E-state index in [-0.39, 0.29) is 6.10 Å². The molecule has 2 N–H and O–H groups in total. The molecular formula is C20H26N2O2. The topological polar surface area (TPSA) is 47.7 Å². The van der Waals surface area contributed by atoms with Crippen LogP contribution in [0.25, 0.3) is 0 Å². The number of hydrogen-bond donors (Lipinski definition) is 1. The second kappa shape index (κ2) is 7.47. The maximum atomic E-state index is 6.03. The highest BCUT2D eigenvalue weighted by Crippen LogP contribution is 2.35. The third-order valence-electron chi connectivity index (χ3n) is 4.33. The number of hydrogen-bond acceptors (Lipinski definition) is 4.